The summed E-state index contributed by atoms with van der Waals surface area (Å²) in [5.41, 5.74) is 2.32. The number of hydrogen-bond donors (Lipinski definition) is 2. The van der Waals surface area contributed by atoms with Crippen molar-refractivity contribution >= 4 is 5.91 Å². The molecule has 32 heavy (non-hydrogen) atoms. The Balaban J connectivity index is 1.16. The zero-order chi connectivity index (χ0) is 22.3. The normalized spacial score (nSPS) is 20.2. The lowest BCUT2D eigenvalue weighted by Gasteiger charge is -2.43. The molecule has 0 spiro atoms. The van der Waals surface area contributed by atoms with Crippen LogP contribution in [0.1, 0.15) is 43.7 Å². The Kier molecular flexibility index (Phi) is 7.76. The Morgan fingerprint density at radius 1 is 1.06 bits per heavy atom. The molecule has 1 aromatic heterocycles. The number of carbonyl (C=O) groups excluding carboxylic acids is 1. The van der Waals surface area contributed by atoms with Crippen molar-refractivity contribution < 1.29 is 9.90 Å². The van der Waals surface area contributed by atoms with Crippen molar-refractivity contribution in [2.24, 2.45) is 5.92 Å². The van der Waals surface area contributed by atoms with Crippen LogP contribution in [0.2, 0.25) is 0 Å². The SMILES string of the molecule is CC(Cc1ccc(O)cc1)N1CCC(N2CCC(C(=O)NCc3cccnc3)CC2)CC1. The number of nitrogens with one attached hydrogen (secondary N) is 1. The van der Waals surface area contributed by atoms with E-state index in [0.717, 1.165) is 51.0 Å². The van der Waals surface area contributed by atoms with Gasteiger partial charge in [0.25, 0.3) is 0 Å². The molecule has 1 atom stereocenters. The van der Waals surface area contributed by atoms with Gasteiger partial charge in [0.05, 0.1) is 0 Å². The highest BCUT2D eigenvalue weighted by molar-refractivity contribution is 5.78. The number of phenols is 1. The van der Waals surface area contributed by atoms with Gasteiger partial charge < -0.3 is 20.2 Å². The van der Waals surface area contributed by atoms with Gasteiger partial charge in [-0.2, -0.15) is 0 Å². The topological polar surface area (TPSA) is 68.7 Å². The number of amides is 1. The highest BCUT2D eigenvalue weighted by atomic mass is 16.3. The molecule has 6 heteroatoms. The molecule has 1 aromatic carbocycles. The molecular weight excluding hydrogens is 400 g/mol. The van der Waals surface area contributed by atoms with Crippen molar-refractivity contribution in [1.82, 2.24) is 20.1 Å². The fourth-order valence-electron chi connectivity index (χ4n) is 5.16. The standard InChI is InChI=1S/C26H36N4O2/c1-20(17-21-4-6-25(31)7-5-21)29-15-10-24(11-16-29)30-13-8-23(9-14-30)26(32)28-19-22-3-2-12-27-18-22/h2-7,12,18,20,23-24,31H,8-11,13-17,19H2,1H3,(H,28,32). The summed E-state index contributed by atoms with van der Waals surface area (Å²) < 4.78 is 0. The minimum Gasteiger partial charge on any atom is -0.508 e. The predicted molar refractivity (Wildman–Crippen MR) is 126 cm³/mol. The second kappa shape index (κ2) is 10.9. The Morgan fingerprint density at radius 2 is 1.78 bits per heavy atom. The van der Waals surface area contributed by atoms with E-state index in [1.807, 2.05) is 24.3 Å². The third-order valence-corrected chi connectivity index (χ3v) is 7.20. The van der Waals surface area contributed by atoms with Crippen molar-refractivity contribution in [3.8, 4) is 5.75 Å². The molecule has 2 aromatic rings. The first-order valence-electron chi connectivity index (χ1n) is 12.0. The molecule has 0 radical (unpaired) electrons. The summed E-state index contributed by atoms with van der Waals surface area (Å²) in [6.45, 7) is 7.19. The number of aromatic hydroxyl groups is 1. The number of rotatable bonds is 7. The fourth-order valence-corrected chi connectivity index (χ4v) is 5.16. The molecule has 0 bridgehead atoms. The van der Waals surface area contributed by atoms with Gasteiger partial charge in [0.2, 0.25) is 5.91 Å². The van der Waals surface area contributed by atoms with Gasteiger partial charge in [-0.25, -0.2) is 0 Å². The molecule has 0 aliphatic carbocycles. The Bertz CT molecular complexity index is 842. The average Bonchev–Trinajstić information content (AvgIpc) is 2.85. The van der Waals surface area contributed by atoms with Crippen LogP contribution >= 0.6 is 0 Å². The quantitative estimate of drug-likeness (QED) is 0.698. The van der Waals surface area contributed by atoms with Gasteiger partial charge >= 0.3 is 0 Å². The first kappa shape index (κ1) is 22.7. The summed E-state index contributed by atoms with van der Waals surface area (Å²) in [4.78, 5) is 21.9. The Hall–Kier alpha value is -2.44. The summed E-state index contributed by atoms with van der Waals surface area (Å²) in [5.74, 6) is 0.650. The van der Waals surface area contributed by atoms with E-state index in [1.165, 1.54) is 18.4 Å². The van der Waals surface area contributed by atoms with E-state index in [1.54, 1.807) is 24.5 Å². The van der Waals surface area contributed by atoms with Gasteiger partial charge in [-0.05, 0) is 94.5 Å². The minimum atomic E-state index is 0.133. The average molecular weight is 437 g/mol. The van der Waals surface area contributed by atoms with E-state index in [0.29, 0.717) is 24.4 Å². The van der Waals surface area contributed by atoms with E-state index in [2.05, 4.69) is 27.0 Å². The number of likely N-dealkylation sites (tertiary alicyclic amines) is 2. The number of nitrogens with zero attached hydrogens (tertiary/aromatic N) is 3. The van der Waals surface area contributed by atoms with Gasteiger partial charge in [0.15, 0.2) is 0 Å². The molecule has 0 saturated carbocycles. The number of aromatic nitrogens is 1. The smallest absolute Gasteiger partial charge is 0.223 e. The van der Waals surface area contributed by atoms with Crippen LogP contribution in [0.25, 0.3) is 0 Å². The number of piperidine rings is 2. The highest BCUT2D eigenvalue weighted by Crippen LogP contribution is 2.25. The van der Waals surface area contributed by atoms with Crippen LogP contribution in [0.3, 0.4) is 0 Å². The van der Waals surface area contributed by atoms with E-state index in [9.17, 15) is 9.90 Å². The van der Waals surface area contributed by atoms with Crippen molar-refractivity contribution in [3.05, 3.63) is 59.9 Å². The largest absolute Gasteiger partial charge is 0.508 e. The highest BCUT2D eigenvalue weighted by Gasteiger charge is 2.31. The molecule has 2 aliphatic rings. The van der Waals surface area contributed by atoms with Gasteiger partial charge in [-0.1, -0.05) is 18.2 Å². The zero-order valence-corrected chi connectivity index (χ0v) is 19.1. The van der Waals surface area contributed by atoms with Crippen molar-refractivity contribution in [3.63, 3.8) is 0 Å². The summed E-state index contributed by atoms with van der Waals surface area (Å²) >= 11 is 0. The zero-order valence-electron chi connectivity index (χ0n) is 19.1. The van der Waals surface area contributed by atoms with E-state index in [4.69, 9.17) is 0 Å². The van der Waals surface area contributed by atoms with Crippen LogP contribution in [0.15, 0.2) is 48.8 Å². The third-order valence-electron chi connectivity index (χ3n) is 7.20. The van der Waals surface area contributed by atoms with Crippen molar-refractivity contribution in [2.45, 2.75) is 57.7 Å². The predicted octanol–water partition coefficient (Wildman–Crippen LogP) is 3.21. The molecule has 2 N–H and O–H groups in total. The lowest BCUT2D eigenvalue weighted by Crippen LogP contribution is -2.50. The lowest BCUT2D eigenvalue weighted by molar-refractivity contribution is -0.126. The minimum absolute atomic E-state index is 0.133. The number of hydrogen-bond acceptors (Lipinski definition) is 5. The second-order valence-corrected chi connectivity index (χ2v) is 9.38. The Labute approximate surface area is 191 Å². The van der Waals surface area contributed by atoms with Crippen LogP contribution in [0.5, 0.6) is 5.75 Å². The maximum absolute atomic E-state index is 12.6. The summed E-state index contributed by atoms with van der Waals surface area (Å²) in [5, 5.41) is 12.6. The van der Waals surface area contributed by atoms with E-state index >= 15 is 0 Å². The van der Waals surface area contributed by atoms with Crippen LogP contribution in [-0.2, 0) is 17.8 Å². The molecule has 6 nitrogen and oxygen atoms in total. The van der Waals surface area contributed by atoms with Gasteiger partial charge in [0, 0.05) is 36.9 Å². The van der Waals surface area contributed by atoms with Crippen molar-refractivity contribution in [1.29, 1.82) is 0 Å². The van der Waals surface area contributed by atoms with E-state index in [-0.39, 0.29) is 11.8 Å². The molecule has 4 rings (SSSR count). The molecular formula is C26H36N4O2. The molecule has 172 valence electrons. The maximum atomic E-state index is 12.6. The van der Waals surface area contributed by atoms with Gasteiger partial charge in [-0.15, -0.1) is 0 Å². The molecule has 2 saturated heterocycles. The van der Waals surface area contributed by atoms with Crippen LogP contribution in [0.4, 0.5) is 0 Å². The molecule has 2 fully saturated rings. The molecule has 2 aliphatic heterocycles. The molecule has 3 heterocycles. The van der Waals surface area contributed by atoms with Crippen LogP contribution in [0, 0.1) is 5.92 Å². The number of benzene rings is 1. The number of phenolic OH excluding ortho intramolecular Hbond substituents is 1. The second-order valence-electron chi connectivity index (χ2n) is 9.38. The lowest BCUT2D eigenvalue weighted by atomic mass is 9.92. The number of carbonyl (C=O) groups is 1. The fraction of sp³-hybridized carbons (Fsp3) is 0.538. The first-order valence-corrected chi connectivity index (χ1v) is 12.0. The van der Waals surface area contributed by atoms with Crippen molar-refractivity contribution in [2.75, 3.05) is 26.2 Å². The van der Waals surface area contributed by atoms with E-state index < -0.39 is 0 Å². The molecule has 1 amide bonds. The first-order chi connectivity index (χ1) is 15.6. The van der Waals surface area contributed by atoms with Gasteiger partial charge in [0.1, 0.15) is 5.75 Å². The van der Waals surface area contributed by atoms with Crippen LogP contribution in [-0.4, -0.2) is 64.1 Å². The van der Waals surface area contributed by atoms with Gasteiger partial charge in [-0.3, -0.25) is 9.78 Å². The maximum Gasteiger partial charge on any atom is 0.223 e. The summed E-state index contributed by atoms with van der Waals surface area (Å²) in [7, 11) is 0. The van der Waals surface area contributed by atoms with Crippen LogP contribution < -0.4 is 5.32 Å². The monoisotopic (exact) mass is 436 g/mol. The third kappa shape index (κ3) is 6.08. The summed E-state index contributed by atoms with van der Waals surface area (Å²) in [6.07, 6.45) is 8.90. The Morgan fingerprint density at radius 3 is 2.44 bits per heavy atom. The number of pyridine rings is 1. The molecule has 1 unspecified atom stereocenters. The summed E-state index contributed by atoms with van der Waals surface area (Å²) in [6, 6.07) is 12.6.